The number of amides is 1. The molecule has 0 aliphatic carbocycles. The highest BCUT2D eigenvalue weighted by atomic mass is 19.1. The average Bonchev–Trinajstić information content (AvgIpc) is 3.57. The van der Waals surface area contributed by atoms with Gasteiger partial charge in [-0.25, -0.2) is 8.91 Å². The predicted octanol–water partition coefficient (Wildman–Crippen LogP) is 2.75. The van der Waals surface area contributed by atoms with Crippen molar-refractivity contribution in [2.45, 2.75) is 33.2 Å². The molecule has 35 heavy (non-hydrogen) atoms. The van der Waals surface area contributed by atoms with Gasteiger partial charge in [-0.3, -0.25) is 9.48 Å². The second-order valence-electron chi connectivity index (χ2n) is 8.95. The van der Waals surface area contributed by atoms with Gasteiger partial charge in [0.25, 0.3) is 13.2 Å². The third kappa shape index (κ3) is 4.29. The van der Waals surface area contributed by atoms with E-state index in [9.17, 15) is 9.18 Å². The summed E-state index contributed by atoms with van der Waals surface area (Å²) in [7, 11) is 3.49. The van der Waals surface area contributed by atoms with Crippen LogP contribution in [0, 0.1) is 5.82 Å². The summed E-state index contributed by atoms with van der Waals surface area (Å²) in [6.45, 7) is 6.45. The van der Waals surface area contributed by atoms with Crippen LogP contribution in [0.1, 0.15) is 44.5 Å². The van der Waals surface area contributed by atoms with Crippen molar-refractivity contribution in [1.29, 1.82) is 0 Å². The maximum atomic E-state index is 14.4. The average molecular weight is 471 g/mol. The first-order chi connectivity index (χ1) is 16.8. The first-order valence-electron chi connectivity index (χ1n) is 11.4. The number of allylic oxidation sites excluding steroid dienone is 1. The summed E-state index contributed by atoms with van der Waals surface area (Å²) in [5.41, 5.74) is 5.66. The topological polar surface area (TPSA) is 92.2 Å². The van der Waals surface area contributed by atoms with E-state index < -0.39 is 6.04 Å². The van der Waals surface area contributed by atoms with Gasteiger partial charge in [-0.2, -0.15) is 20.4 Å². The number of fused-ring (bicyclic) bond motifs is 1. The van der Waals surface area contributed by atoms with E-state index in [4.69, 9.17) is 0 Å². The van der Waals surface area contributed by atoms with E-state index in [1.165, 1.54) is 10.6 Å². The fourth-order valence-electron chi connectivity index (χ4n) is 4.35. The monoisotopic (exact) mass is 471 g/mol. The molecule has 2 aliphatic rings. The molecule has 11 heteroatoms. The van der Waals surface area contributed by atoms with Crippen LogP contribution in [0.15, 0.2) is 70.0 Å². The summed E-state index contributed by atoms with van der Waals surface area (Å²) >= 11 is 0. The Labute approximate surface area is 203 Å². The highest BCUT2D eigenvalue weighted by Crippen LogP contribution is 2.35. The normalized spacial score (nSPS) is 17.9. The van der Waals surface area contributed by atoms with Crippen molar-refractivity contribution in [2.75, 3.05) is 6.54 Å². The molecule has 1 radical (unpaired) electrons. The lowest BCUT2D eigenvalue weighted by Crippen LogP contribution is -2.45. The van der Waals surface area contributed by atoms with Crippen molar-refractivity contribution in [3.05, 3.63) is 76.9 Å². The highest BCUT2D eigenvalue weighted by molar-refractivity contribution is 7.09. The molecule has 0 bridgehead atoms. The van der Waals surface area contributed by atoms with Gasteiger partial charge in [0.2, 0.25) is 0 Å². The van der Waals surface area contributed by atoms with Gasteiger partial charge < -0.3 is 10.2 Å². The maximum Gasteiger partial charge on any atom is 0.261 e. The van der Waals surface area contributed by atoms with Crippen LogP contribution in [0.2, 0.25) is 0 Å². The summed E-state index contributed by atoms with van der Waals surface area (Å²) < 4.78 is 17.6. The van der Waals surface area contributed by atoms with Gasteiger partial charge >= 0.3 is 0 Å². The lowest BCUT2D eigenvalue weighted by atomic mass is 9.65. The van der Waals surface area contributed by atoms with Crippen molar-refractivity contribution < 1.29 is 9.18 Å². The van der Waals surface area contributed by atoms with Crippen molar-refractivity contribution in [1.82, 2.24) is 29.6 Å². The third-order valence-corrected chi connectivity index (χ3v) is 6.10. The number of carbonyl (C=O) groups excluding carboxylic acids is 1. The minimum absolute atomic E-state index is 0.248. The standard InChI is InChI=1S/C24H25BFN8O/c1-14(2)11-27-18-7-9-33(24(35)23-25-22(29-30-23)16-12-28-32(4)13-16)21(15(18)3)19-10-20-17(26)6-5-8-34(20)31-19/h5-6,8,10-13,21,27H,7,9H2,1-4H3. The fourth-order valence-corrected chi connectivity index (χ4v) is 4.35. The Morgan fingerprint density at radius 3 is 2.86 bits per heavy atom. The summed E-state index contributed by atoms with van der Waals surface area (Å²) in [6.07, 6.45) is 7.78. The van der Waals surface area contributed by atoms with Crippen molar-refractivity contribution in [3.63, 3.8) is 0 Å². The van der Waals surface area contributed by atoms with Crippen LogP contribution in [-0.4, -0.2) is 55.2 Å². The van der Waals surface area contributed by atoms with E-state index in [1.807, 2.05) is 40.2 Å². The number of nitrogens with one attached hydrogen (secondary N) is 1. The minimum atomic E-state index is -0.484. The van der Waals surface area contributed by atoms with Gasteiger partial charge in [-0.1, -0.05) is 5.57 Å². The Morgan fingerprint density at radius 1 is 1.31 bits per heavy atom. The van der Waals surface area contributed by atoms with Crippen molar-refractivity contribution in [2.24, 2.45) is 17.3 Å². The number of carbonyl (C=O) groups is 1. The van der Waals surface area contributed by atoms with Crippen molar-refractivity contribution in [3.8, 4) is 0 Å². The predicted molar refractivity (Wildman–Crippen MR) is 132 cm³/mol. The zero-order chi connectivity index (χ0) is 24.7. The lowest BCUT2D eigenvalue weighted by Gasteiger charge is -2.37. The summed E-state index contributed by atoms with van der Waals surface area (Å²) in [5.74, 6) is -0.622. The van der Waals surface area contributed by atoms with E-state index in [1.54, 1.807) is 41.4 Å². The summed E-state index contributed by atoms with van der Waals surface area (Å²) in [5, 5.41) is 20.5. The largest absolute Gasteiger partial charge is 0.365 e. The van der Waals surface area contributed by atoms with Crippen LogP contribution >= 0.6 is 0 Å². The van der Waals surface area contributed by atoms with E-state index in [0.717, 1.165) is 22.4 Å². The number of aromatic nitrogens is 4. The zero-order valence-electron chi connectivity index (χ0n) is 20.0. The van der Waals surface area contributed by atoms with E-state index in [2.05, 4.69) is 25.7 Å². The Morgan fingerprint density at radius 2 is 2.14 bits per heavy atom. The third-order valence-electron chi connectivity index (χ3n) is 6.10. The molecule has 3 aromatic heterocycles. The number of rotatable bonds is 5. The second-order valence-corrected chi connectivity index (χ2v) is 8.95. The molecule has 0 aromatic carbocycles. The van der Waals surface area contributed by atoms with Gasteiger partial charge in [0.1, 0.15) is 11.3 Å². The molecule has 0 spiro atoms. The van der Waals surface area contributed by atoms with Crippen LogP contribution in [0.25, 0.3) is 5.52 Å². The second kappa shape index (κ2) is 8.97. The maximum absolute atomic E-state index is 14.4. The minimum Gasteiger partial charge on any atom is -0.365 e. The fraction of sp³-hybridized carbons (Fsp3) is 0.292. The first-order valence-corrected chi connectivity index (χ1v) is 11.4. The van der Waals surface area contributed by atoms with Crippen molar-refractivity contribution >= 4 is 29.9 Å². The first kappa shape index (κ1) is 22.8. The van der Waals surface area contributed by atoms with Gasteiger partial charge in [-0.15, -0.1) is 0 Å². The van der Waals surface area contributed by atoms with Crippen LogP contribution in [0.5, 0.6) is 0 Å². The Hall–Kier alpha value is -4.02. The Balaban J connectivity index is 1.48. The molecular weight excluding hydrogens is 446 g/mol. The van der Waals surface area contributed by atoms with Crippen LogP contribution in [0.3, 0.4) is 0 Å². The summed E-state index contributed by atoms with van der Waals surface area (Å²) in [4.78, 5) is 15.4. The Kier molecular flexibility index (Phi) is 5.84. The molecule has 0 fully saturated rings. The van der Waals surface area contributed by atoms with E-state index in [-0.39, 0.29) is 17.3 Å². The lowest BCUT2D eigenvalue weighted by molar-refractivity contribution is -0.126. The number of pyridine rings is 1. The molecule has 5 rings (SSSR count). The van der Waals surface area contributed by atoms with Crippen LogP contribution in [0.4, 0.5) is 4.39 Å². The zero-order valence-corrected chi connectivity index (χ0v) is 20.0. The molecular formula is C24H25BFN8O. The number of aryl methyl sites for hydroxylation is 1. The van der Waals surface area contributed by atoms with Crippen LogP contribution in [-0.2, 0) is 11.8 Å². The SMILES string of the molecule is CC(C)=CNC1=C(C)C(c2cc3c(F)cccn3n2)N(C(=O)C2=NN=C(c3cnn(C)c3)[B]2)CC1. The molecule has 0 saturated carbocycles. The number of hydrogen-bond acceptors (Lipinski definition) is 6. The van der Waals surface area contributed by atoms with Gasteiger partial charge in [-0.05, 0) is 50.7 Å². The van der Waals surface area contributed by atoms with Gasteiger partial charge in [0.15, 0.2) is 0 Å². The molecule has 1 unspecified atom stereocenters. The molecule has 5 heterocycles. The molecule has 177 valence electrons. The summed E-state index contributed by atoms with van der Waals surface area (Å²) in [6, 6.07) is 4.22. The molecule has 2 aliphatic heterocycles. The highest BCUT2D eigenvalue weighted by Gasteiger charge is 2.37. The molecule has 3 aromatic rings. The Bertz CT molecular complexity index is 1440. The molecule has 1 amide bonds. The molecule has 1 N–H and O–H groups in total. The van der Waals surface area contributed by atoms with E-state index in [0.29, 0.717) is 29.8 Å². The van der Waals surface area contributed by atoms with Gasteiger partial charge in [0, 0.05) is 49.3 Å². The number of halogens is 1. The smallest absolute Gasteiger partial charge is 0.261 e. The molecule has 1 atom stereocenters. The van der Waals surface area contributed by atoms with Crippen LogP contribution < -0.4 is 5.32 Å². The number of hydrogen-bond donors (Lipinski definition) is 1. The van der Waals surface area contributed by atoms with E-state index >= 15 is 0 Å². The molecule has 0 saturated heterocycles. The quantitative estimate of drug-likeness (QED) is 0.580. The molecule has 9 nitrogen and oxygen atoms in total. The van der Waals surface area contributed by atoms with Gasteiger partial charge in [0.05, 0.1) is 23.5 Å². The number of nitrogens with zero attached hydrogens (tertiary/aromatic N) is 7.